The van der Waals surface area contributed by atoms with Gasteiger partial charge >= 0.3 is 0 Å². The van der Waals surface area contributed by atoms with Crippen molar-refractivity contribution in [2.75, 3.05) is 13.7 Å². The van der Waals surface area contributed by atoms with Crippen LogP contribution in [-0.4, -0.2) is 37.0 Å². The molecule has 1 rings (SSSR count). The summed E-state index contributed by atoms with van der Waals surface area (Å²) >= 11 is 0. The Morgan fingerprint density at radius 1 is 1.40 bits per heavy atom. The number of amides is 1. The van der Waals surface area contributed by atoms with E-state index in [0.717, 1.165) is 12.0 Å². The van der Waals surface area contributed by atoms with E-state index in [9.17, 15) is 9.90 Å². The summed E-state index contributed by atoms with van der Waals surface area (Å²) in [6.07, 6.45) is 2.32. The van der Waals surface area contributed by atoms with Crippen molar-refractivity contribution in [2.45, 2.75) is 26.3 Å². The maximum atomic E-state index is 12.0. The molecule has 5 nitrogen and oxygen atoms in total. The molecule has 0 spiro atoms. The van der Waals surface area contributed by atoms with E-state index in [1.54, 1.807) is 30.5 Å². The first-order valence-corrected chi connectivity index (χ1v) is 6.65. The van der Waals surface area contributed by atoms with Gasteiger partial charge in [0.05, 0.1) is 18.9 Å². The Morgan fingerprint density at radius 3 is 2.55 bits per heavy atom. The van der Waals surface area contributed by atoms with Gasteiger partial charge in [0.25, 0.3) is 5.91 Å². The van der Waals surface area contributed by atoms with Crippen molar-refractivity contribution in [3.05, 3.63) is 35.4 Å². The second-order valence-electron chi connectivity index (χ2n) is 5.02. The van der Waals surface area contributed by atoms with E-state index >= 15 is 0 Å². The van der Waals surface area contributed by atoms with Gasteiger partial charge < -0.3 is 15.3 Å². The van der Waals surface area contributed by atoms with Crippen molar-refractivity contribution >= 4 is 12.1 Å². The third-order valence-electron chi connectivity index (χ3n) is 2.79. The summed E-state index contributed by atoms with van der Waals surface area (Å²) in [5.74, 6) is 0.236. The molecule has 1 unspecified atom stereocenters. The van der Waals surface area contributed by atoms with E-state index in [1.807, 2.05) is 0 Å². The highest BCUT2D eigenvalue weighted by atomic mass is 16.6. The molecule has 1 aromatic carbocycles. The van der Waals surface area contributed by atoms with Crippen LogP contribution in [-0.2, 0) is 4.84 Å². The lowest BCUT2D eigenvalue weighted by Crippen LogP contribution is -2.38. The molecule has 0 aliphatic carbocycles. The largest absolute Gasteiger partial charge is 0.399 e. The van der Waals surface area contributed by atoms with Gasteiger partial charge in [-0.2, -0.15) is 0 Å². The van der Waals surface area contributed by atoms with Crippen molar-refractivity contribution in [3.8, 4) is 0 Å². The van der Waals surface area contributed by atoms with Gasteiger partial charge in [-0.1, -0.05) is 31.1 Å². The third kappa shape index (κ3) is 5.40. The molecule has 0 saturated heterocycles. The summed E-state index contributed by atoms with van der Waals surface area (Å²) in [7, 11) is 1.47. The molecular weight excluding hydrogens is 256 g/mol. The summed E-state index contributed by atoms with van der Waals surface area (Å²) in [5, 5.41) is 15.7. The minimum atomic E-state index is -0.211. The van der Waals surface area contributed by atoms with Crippen LogP contribution in [0.3, 0.4) is 0 Å². The van der Waals surface area contributed by atoms with Crippen LogP contribution in [0, 0.1) is 5.92 Å². The fourth-order valence-electron chi connectivity index (χ4n) is 1.85. The number of nitrogens with one attached hydrogen (secondary N) is 1. The van der Waals surface area contributed by atoms with Crippen LogP contribution < -0.4 is 5.32 Å². The van der Waals surface area contributed by atoms with Crippen LogP contribution in [0.5, 0.6) is 0 Å². The van der Waals surface area contributed by atoms with Gasteiger partial charge in [0, 0.05) is 5.56 Å². The SMILES string of the molecule is CO/N=C/c1ccc(C(=O)NC(CO)CC(C)C)cc1. The Morgan fingerprint density at radius 2 is 2.05 bits per heavy atom. The molecule has 20 heavy (non-hydrogen) atoms. The molecule has 110 valence electrons. The number of hydrogen-bond acceptors (Lipinski definition) is 4. The predicted octanol–water partition coefficient (Wildman–Crippen LogP) is 1.80. The van der Waals surface area contributed by atoms with Crippen LogP contribution in [0.25, 0.3) is 0 Å². The van der Waals surface area contributed by atoms with Crippen molar-refractivity contribution in [3.63, 3.8) is 0 Å². The molecule has 5 heteroatoms. The van der Waals surface area contributed by atoms with E-state index in [2.05, 4.69) is 29.2 Å². The number of aliphatic hydroxyl groups is 1. The highest BCUT2D eigenvalue weighted by Crippen LogP contribution is 2.07. The lowest BCUT2D eigenvalue weighted by atomic mass is 10.0. The third-order valence-corrected chi connectivity index (χ3v) is 2.79. The number of hydrogen-bond donors (Lipinski definition) is 2. The first-order valence-electron chi connectivity index (χ1n) is 6.65. The van der Waals surface area contributed by atoms with Crippen LogP contribution >= 0.6 is 0 Å². The topological polar surface area (TPSA) is 70.9 Å². The van der Waals surface area contributed by atoms with Crippen molar-refractivity contribution < 1.29 is 14.7 Å². The molecule has 0 fully saturated rings. The molecule has 0 aliphatic heterocycles. The van der Waals surface area contributed by atoms with Gasteiger partial charge in [-0.15, -0.1) is 0 Å². The lowest BCUT2D eigenvalue weighted by molar-refractivity contribution is 0.0908. The zero-order valence-corrected chi connectivity index (χ0v) is 12.2. The molecule has 0 heterocycles. The number of carbonyl (C=O) groups is 1. The molecule has 0 radical (unpaired) electrons. The van der Waals surface area contributed by atoms with E-state index < -0.39 is 0 Å². The Balaban J connectivity index is 2.65. The van der Waals surface area contributed by atoms with Crippen LogP contribution in [0.2, 0.25) is 0 Å². The number of oxime groups is 1. The number of rotatable bonds is 7. The Bertz CT molecular complexity index is 441. The molecule has 0 aliphatic rings. The molecule has 2 N–H and O–H groups in total. The first kappa shape index (κ1) is 16.2. The van der Waals surface area contributed by atoms with Gasteiger partial charge in [-0.25, -0.2) is 0 Å². The first-order chi connectivity index (χ1) is 9.56. The number of aliphatic hydroxyl groups excluding tert-OH is 1. The van der Waals surface area contributed by atoms with Crippen molar-refractivity contribution in [2.24, 2.45) is 11.1 Å². The Hall–Kier alpha value is -1.88. The van der Waals surface area contributed by atoms with Gasteiger partial charge in [0.2, 0.25) is 0 Å². The van der Waals surface area contributed by atoms with Gasteiger partial charge in [0.15, 0.2) is 0 Å². The maximum Gasteiger partial charge on any atom is 0.251 e. The van der Waals surface area contributed by atoms with E-state index in [4.69, 9.17) is 0 Å². The maximum absolute atomic E-state index is 12.0. The van der Waals surface area contributed by atoms with Gasteiger partial charge in [0.1, 0.15) is 7.11 Å². The predicted molar refractivity (Wildman–Crippen MR) is 78.8 cm³/mol. The van der Waals surface area contributed by atoms with E-state index in [-0.39, 0.29) is 18.6 Å². The molecule has 0 saturated carbocycles. The Labute approximate surface area is 119 Å². The Kier molecular flexibility index (Phi) is 6.73. The lowest BCUT2D eigenvalue weighted by Gasteiger charge is -2.18. The summed E-state index contributed by atoms with van der Waals surface area (Å²) in [6, 6.07) is 6.80. The number of benzene rings is 1. The molecule has 0 bridgehead atoms. The minimum Gasteiger partial charge on any atom is -0.399 e. The summed E-state index contributed by atoms with van der Waals surface area (Å²) in [4.78, 5) is 16.6. The number of nitrogens with zero attached hydrogens (tertiary/aromatic N) is 1. The second-order valence-corrected chi connectivity index (χ2v) is 5.02. The molecule has 1 atom stereocenters. The monoisotopic (exact) mass is 278 g/mol. The molecule has 0 aromatic heterocycles. The van der Waals surface area contributed by atoms with Crippen molar-refractivity contribution in [1.82, 2.24) is 5.32 Å². The summed E-state index contributed by atoms with van der Waals surface area (Å²) < 4.78 is 0. The fraction of sp³-hybridized carbons (Fsp3) is 0.467. The summed E-state index contributed by atoms with van der Waals surface area (Å²) in [6.45, 7) is 4.06. The van der Waals surface area contributed by atoms with E-state index in [1.165, 1.54) is 7.11 Å². The molecule has 1 aromatic rings. The minimum absolute atomic E-state index is 0.0531. The smallest absolute Gasteiger partial charge is 0.251 e. The molecular formula is C15H22N2O3. The average molecular weight is 278 g/mol. The van der Waals surface area contributed by atoms with E-state index in [0.29, 0.717) is 11.5 Å². The number of carbonyl (C=O) groups excluding carboxylic acids is 1. The standard InChI is InChI=1S/C15H22N2O3/c1-11(2)8-14(10-18)17-15(19)13-6-4-12(5-7-13)9-16-20-3/h4-7,9,11,14,18H,8,10H2,1-3H3,(H,17,19)/b16-9+. The van der Waals surface area contributed by atoms with Gasteiger partial charge in [-0.05, 0) is 30.0 Å². The average Bonchev–Trinajstić information content (AvgIpc) is 2.44. The normalized spacial score (nSPS) is 12.7. The highest BCUT2D eigenvalue weighted by Gasteiger charge is 2.14. The quantitative estimate of drug-likeness (QED) is 0.590. The fourth-order valence-corrected chi connectivity index (χ4v) is 1.85. The zero-order chi connectivity index (χ0) is 15.0. The zero-order valence-electron chi connectivity index (χ0n) is 12.2. The van der Waals surface area contributed by atoms with Crippen LogP contribution in [0.1, 0.15) is 36.2 Å². The second kappa shape index (κ2) is 8.32. The summed E-state index contributed by atoms with van der Waals surface area (Å²) in [5.41, 5.74) is 1.41. The van der Waals surface area contributed by atoms with Gasteiger partial charge in [-0.3, -0.25) is 4.79 Å². The van der Waals surface area contributed by atoms with Crippen LogP contribution in [0.4, 0.5) is 0 Å². The highest BCUT2D eigenvalue weighted by molar-refractivity contribution is 5.95. The van der Waals surface area contributed by atoms with Crippen LogP contribution in [0.15, 0.2) is 29.4 Å². The molecule has 1 amide bonds. The van der Waals surface area contributed by atoms with Crippen molar-refractivity contribution in [1.29, 1.82) is 0 Å².